The zero-order valence-corrected chi connectivity index (χ0v) is 11.2. The Morgan fingerprint density at radius 2 is 1.75 bits per heavy atom. The fourth-order valence-electron chi connectivity index (χ4n) is 2.38. The molecule has 0 unspecified atom stereocenters. The van der Waals surface area contributed by atoms with E-state index in [2.05, 4.69) is 29.0 Å². The molecule has 0 aliphatic carbocycles. The Hall–Kier alpha value is -2.68. The Kier molecular flexibility index (Phi) is 3.17. The van der Waals surface area contributed by atoms with E-state index in [0.717, 1.165) is 22.3 Å². The number of nitrogen functional groups attached to an aromatic ring is 1. The quantitative estimate of drug-likeness (QED) is 0.765. The lowest BCUT2D eigenvalue weighted by molar-refractivity contribution is 1.30. The number of pyridine rings is 2. The summed E-state index contributed by atoms with van der Waals surface area (Å²) in [6.07, 6.45) is 5.34. The maximum absolute atomic E-state index is 6.13. The molecule has 0 saturated heterocycles. The molecule has 0 aliphatic heterocycles. The van der Waals surface area contributed by atoms with Crippen molar-refractivity contribution in [1.29, 1.82) is 0 Å². The Bertz CT molecular complexity index is 736. The monoisotopic (exact) mass is 261 g/mol. The second-order valence-electron chi connectivity index (χ2n) is 4.68. The molecule has 3 aromatic rings. The number of rotatable bonds is 2. The van der Waals surface area contributed by atoms with Gasteiger partial charge in [-0.2, -0.15) is 0 Å². The SMILES string of the molecule is Cc1ccccc1-c1c(-c2cccnc2)ccnc1N. The Labute approximate surface area is 118 Å². The fourth-order valence-corrected chi connectivity index (χ4v) is 2.38. The standard InChI is InChI=1S/C17H15N3/c1-12-5-2-3-7-14(12)16-15(8-10-20-17(16)18)13-6-4-9-19-11-13/h2-11H,1H3,(H2,18,20). The molecule has 0 fully saturated rings. The summed E-state index contributed by atoms with van der Waals surface area (Å²) in [6.45, 7) is 2.08. The van der Waals surface area contributed by atoms with E-state index in [9.17, 15) is 0 Å². The van der Waals surface area contributed by atoms with Crippen LogP contribution >= 0.6 is 0 Å². The molecule has 2 heterocycles. The molecule has 0 bridgehead atoms. The van der Waals surface area contributed by atoms with E-state index in [1.54, 1.807) is 12.4 Å². The number of anilines is 1. The smallest absolute Gasteiger partial charge is 0.131 e. The number of nitrogens with two attached hydrogens (primary N) is 1. The van der Waals surface area contributed by atoms with Gasteiger partial charge < -0.3 is 5.73 Å². The van der Waals surface area contributed by atoms with Crippen molar-refractivity contribution in [3.05, 3.63) is 66.6 Å². The summed E-state index contributed by atoms with van der Waals surface area (Å²) >= 11 is 0. The van der Waals surface area contributed by atoms with Crippen LogP contribution in [0.25, 0.3) is 22.3 Å². The minimum atomic E-state index is 0.542. The van der Waals surface area contributed by atoms with E-state index in [1.165, 1.54) is 5.56 Å². The maximum Gasteiger partial charge on any atom is 0.131 e. The average Bonchev–Trinajstić information content (AvgIpc) is 2.49. The van der Waals surface area contributed by atoms with Gasteiger partial charge >= 0.3 is 0 Å². The molecular weight excluding hydrogens is 246 g/mol. The first-order chi connectivity index (χ1) is 9.77. The number of hydrogen-bond acceptors (Lipinski definition) is 3. The first-order valence-corrected chi connectivity index (χ1v) is 6.48. The topological polar surface area (TPSA) is 51.8 Å². The molecule has 2 aromatic heterocycles. The highest BCUT2D eigenvalue weighted by Crippen LogP contribution is 2.36. The van der Waals surface area contributed by atoms with Gasteiger partial charge in [-0.25, -0.2) is 4.98 Å². The summed E-state index contributed by atoms with van der Waals surface area (Å²) < 4.78 is 0. The van der Waals surface area contributed by atoms with Gasteiger partial charge in [-0.1, -0.05) is 30.3 Å². The van der Waals surface area contributed by atoms with Gasteiger partial charge in [0.2, 0.25) is 0 Å². The third-order valence-electron chi connectivity index (χ3n) is 3.37. The lowest BCUT2D eigenvalue weighted by Crippen LogP contribution is -1.97. The van der Waals surface area contributed by atoms with Crippen LogP contribution in [0.5, 0.6) is 0 Å². The van der Waals surface area contributed by atoms with E-state index in [0.29, 0.717) is 5.82 Å². The molecule has 3 heteroatoms. The molecule has 0 atom stereocenters. The van der Waals surface area contributed by atoms with Gasteiger partial charge in [-0.3, -0.25) is 4.98 Å². The number of hydrogen-bond donors (Lipinski definition) is 1. The first-order valence-electron chi connectivity index (χ1n) is 6.48. The Morgan fingerprint density at radius 3 is 2.50 bits per heavy atom. The van der Waals surface area contributed by atoms with E-state index in [1.807, 2.05) is 36.5 Å². The number of aromatic nitrogens is 2. The predicted octanol–water partition coefficient (Wildman–Crippen LogP) is 3.70. The third kappa shape index (κ3) is 2.14. The van der Waals surface area contributed by atoms with Crippen molar-refractivity contribution in [2.45, 2.75) is 6.92 Å². The molecule has 0 aliphatic rings. The lowest BCUT2D eigenvalue weighted by atomic mass is 9.94. The highest BCUT2D eigenvalue weighted by molar-refractivity contribution is 5.90. The maximum atomic E-state index is 6.13. The summed E-state index contributed by atoms with van der Waals surface area (Å²) in [5.74, 6) is 0.542. The van der Waals surface area contributed by atoms with Crippen LogP contribution in [0.15, 0.2) is 61.1 Å². The van der Waals surface area contributed by atoms with Gasteiger partial charge in [0.15, 0.2) is 0 Å². The molecule has 3 rings (SSSR count). The van der Waals surface area contributed by atoms with Crippen LogP contribution in [0.3, 0.4) is 0 Å². The zero-order chi connectivity index (χ0) is 13.9. The number of benzene rings is 1. The highest BCUT2D eigenvalue weighted by Gasteiger charge is 2.13. The summed E-state index contributed by atoms with van der Waals surface area (Å²) in [4.78, 5) is 8.43. The molecule has 98 valence electrons. The van der Waals surface area contributed by atoms with Crippen LogP contribution in [0, 0.1) is 6.92 Å². The summed E-state index contributed by atoms with van der Waals surface area (Å²) in [5.41, 5.74) is 11.5. The van der Waals surface area contributed by atoms with E-state index in [-0.39, 0.29) is 0 Å². The van der Waals surface area contributed by atoms with Crippen LogP contribution in [0.1, 0.15) is 5.56 Å². The van der Waals surface area contributed by atoms with Gasteiger partial charge in [0.25, 0.3) is 0 Å². The van der Waals surface area contributed by atoms with Crippen molar-refractivity contribution in [2.75, 3.05) is 5.73 Å². The second-order valence-corrected chi connectivity index (χ2v) is 4.68. The molecule has 1 aromatic carbocycles. The van der Waals surface area contributed by atoms with E-state index < -0.39 is 0 Å². The van der Waals surface area contributed by atoms with E-state index >= 15 is 0 Å². The lowest BCUT2D eigenvalue weighted by Gasteiger charge is -2.13. The number of aryl methyl sites for hydroxylation is 1. The van der Waals surface area contributed by atoms with Crippen LogP contribution in [0.2, 0.25) is 0 Å². The van der Waals surface area contributed by atoms with Crippen molar-refractivity contribution >= 4 is 5.82 Å². The van der Waals surface area contributed by atoms with Gasteiger partial charge in [-0.05, 0) is 35.7 Å². The largest absolute Gasteiger partial charge is 0.383 e. The van der Waals surface area contributed by atoms with Crippen LogP contribution in [-0.2, 0) is 0 Å². The molecular formula is C17H15N3. The molecule has 0 amide bonds. The molecule has 20 heavy (non-hydrogen) atoms. The van der Waals surface area contributed by atoms with Crippen LogP contribution in [0.4, 0.5) is 5.82 Å². The fraction of sp³-hybridized carbons (Fsp3) is 0.0588. The van der Waals surface area contributed by atoms with Crippen molar-refractivity contribution in [3.63, 3.8) is 0 Å². The minimum absolute atomic E-state index is 0.542. The number of nitrogens with zero attached hydrogens (tertiary/aromatic N) is 2. The summed E-state index contributed by atoms with van der Waals surface area (Å²) in [7, 11) is 0. The Morgan fingerprint density at radius 1 is 0.900 bits per heavy atom. The van der Waals surface area contributed by atoms with Gasteiger partial charge in [-0.15, -0.1) is 0 Å². The van der Waals surface area contributed by atoms with Gasteiger partial charge in [0.1, 0.15) is 5.82 Å². The molecule has 3 nitrogen and oxygen atoms in total. The summed E-state index contributed by atoms with van der Waals surface area (Å²) in [6, 6.07) is 14.1. The molecule has 0 saturated carbocycles. The highest BCUT2D eigenvalue weighted by atomic mass is 14.8. The summed E-state index contributed by atoms with van der Waals surface area (Å²) in [5, 5.41) is 0. The van der Waals surface area contributed by atoms with Gasteiger partial charge in [0.05, 0.1) is 0 Å². The third-order valence-corrected chi connectivity index (χ3v) is 3.37. The Balaban J connectivity index is 2.29. The average molecular weight is 261 g/mol. The predicted molar refractivity (Wildman–Crippen MR) is 82.1 cm³/mol. The first kappa shape index (κ1) is 12.4. The second kappa shape index (κ2) is 5.13. The molecule has 0 radical (unpaired) electrons. The normalized spacial score (nSPS) is 10.4. The van der Waals surface area contributed by atoms with Crippen LogP contribution < -0.4 is 5.73 Å². The van der Waals surface area contributed by atoms with Crippen molar-refractivity contribution in [1.82, 2.24) is 9.97 Å². The molecule has 0 spiro atoms. The van der Waals surface area contributed by atoms with Crippen molar-refractivity contribution < 1.29 is 0 Å². The zero-order valence-electron chi connectivity index (χ0n) is 11.2. The van der Waals surface area contributed by atoms with E-state index in [4.69, 9.17) is 5.73 Å². The van der Waals surface area contributed by atoms with Crippen LogP contribution in [-0.4, -0.2) is 9.97 Å². The van der Waals surface area contributed by atoms with Crippen molar-refractivity contribution in [2.24, 2.45) is 0 Å². The van der Waals surface area contributed by atoms with Crippen molar-refractivity contribution in [3.8, 4) is 22.3 Å². The van der Waals surface area contributed by atoms with Gasteiger partial charge in [0, 0.05) is 29.7 Å². The minimum Gasteiger partial charge on any atom is -0.383 e. The molecule has 2 N–H and O–H groups in total.